The molecule has 0 spiro atoms. The topological polar surface area (TPSA) is 74.8 Å². The number of carbonyl (C=O) groups is 2. The number of nitrogens with zero attached hydrogens (tertiary/aromatic N) is 3. The van der Waals surface area contributed by atoms with Crippen LogP contribution >= 0.6 is 0 Å². The third kappa shape index (κ3) is 4.97. The van der Waals surface area contributed by atoms with E-state index in [0.717, 1.165) is 5.82 Å². The quantitative estimate of drug-likeness (QED) is 0.855. The van der Waals surface area contributed by atoms with Crippen LogP contribution in [0.3, 0.4) is 0 Å². The number of aromatic nitrogens is 1. The van der Waals surface area contributed by atoms with Crippen LogP contribution < -0.4 is 10.2 Å². The van der Waals surface area contributed by atoms with E-state index in [2.05, 4.69) is 15.2 Å². The zero-order chi connectivity index (χ0) is 19.9. The first-order valence-corrected chi connectivity index (χ1v) is 9.22. The number of pyridine rings is 1. The monoisotopic (exact) mass is 386 g/mol. The first-order chi connectivity index (χ1) is 13.6. The summed E-state index contributed by atoms with van der Waals surface area (Å²) in [5.41, 5.74) is 0.902. The first kappa shape index (κ1) is 19.6. The van der Waals surface area contributed by atoms with E-state index in [4.69, 9.17) is 4.74 Å². The number of hydrogen-bond donors (Lipinski definition) is 1. The van der Waals surface area contributed by atoms with Gasteiger partial charge in [0.2, 0.25) is 5.91 Å². The van der Waals surface area contributed by atoms with Gasteiger partial charge in [-0.1, -0.05) is 18.2 Å². The minimum absolute atomic E-state index is 0.0375. The van der Waals surface area contributed by atoms with E-state index in [1.54, 1.807) is 42.3 Å². The van der Waals surface area contributed by atoms with Crippen LogP contribution in [-0.4, -0.2) is 54.7 Å². The summed E-state index contributed by atoms with van der Waals surface area (Å²) in [6.07, 6.45) is 1.25. The molecule has 148 valence electrons. The Labute approximate surface area is 163 Å². The van der Waals surface area contributed by atoms with Crippen molar-refractivity contribution < 1.29 is 18.7 Å². The Balaban J connectivity index is 1.52. The Morgan fingerprint density at radius 3 is 2.54 bits per heavy atom. The molecule has 8 heteroatoms. The molecule has 28 heavy (non-hydrogen) atoms. The van der Waals surface area contributed by atoms with Crippen LogP contribution in [0.1, 0.15) is 12.5 Å². The molecular formula is C20H23FN4O3. The summed E-state index contributed by atoms with van der Waals surface area (Å²) >= 11 is 0. The Hall–Kier alpha value is -3.16. The molecule has 1 aromatic carbocycles. The minimum Gasteiger partial charge on any atom is -0.450 e. The third-order valence-electron chi connectivity index (χ3n) is 4.47. The minimum atomic E-state index is -0.395. The van der Waals surface area contributed by atoms with Crippen LogP contribution in [0.2, 0.25) is 0 Å². The lowest BCUT2D eigenvalue weighted by atomic mass is 10.1. The molecule has 0 aliphatic carbocycles. The Morgan fingerprint density at radius 1 is 1.14 bits per heavy atom. The predicted molar refractivity (Wildman–Crippen MR) is 104 cm³/mol. The van der Waals surface area contributed by atoms with Gasteiger partial charge < -0.3 is 19.9 Å². The number of hydrogen-bond acceptors (Lipinski definition) is 5. The Bertz CT molecular complexity index is 820. The number of benzene rings is 1. The van der Waals surface area contributed by atoms with E-state index < -0.39 is 5.82 Å². The van der Waals surface area contributed by atoms with Crippen molar-refractivity contribution in [2.24, 2.45) is 0 Å². The van der Waals surface area contributed by atoms with E-state index in [1.165, 1.54) is 6.07 Å². The largest absolute Gasteiger partial charge is 0.450 e. The van der Waals surface area contributed by atoms with Crippen molar-refractivity contribution in [3.05, 3.63) is 54.0 Å². The predicted octanol–water partition coefficient (Wildman–Crippen LogP) is 2.68. The second-order valence-electron chi connectivity index (χ2n) is 6.39. The van der Waals surface area contributed by atoms with Crippen molar-refractivity contribution in [1.82, 2.24) is 9.88 Å². The lowest BCUT2D eigenvalue weighted by molar-refractivity contribution is -0.115. The molecule has 1 N–H and O–H groups in total. The van der Waals surface area contributed by atoms with Crippen LogP contribution in [0.5, 0.6) is 0 Å². The van der Waals surface area contributed by atoms with Gasteiger partial charge in [-0.25, -0.2) is 14.2 Å². The van der Waals surface area contributed by atoms with Crippen LogP contribution in [-0.2, 0) is 16.0 Å². The summed E-state index contributed by atoms with van der Waals surface area (Å²) in [6.45, 7) is 4.61. The molecule has 1 fully saturated rings. The second kappa shape index (κ2) is 9.16. The van der Waals surface area contributed by atoms with Crippen LogP contribution in [0.25, 0.3) is 0 Å². The molecule has 0 bridgehead atoms. The van der Waals surface area contributed by atoms with Gasteiger partial charge in [0.15, 0.2) is 0 Å². The van der Waals surface area contributed by atoms with Gasteiger partial charge in [0.25, 0.3) is 0 Å². The van der Waals surface area contributed by atoms with Crippen molar-refractivity contribution in [1.29, 1.82) is 0 Å². The smallest absolute Gasteiger partial charge is 0.409 e. The maximum Gasteiger partial charge on any atom is 0.409 e. The average Bonchev–Trinajstić information content (AvgIpc) is 2.71. The van der Waals surface area contributed by atoms with Crippen molar-refractivity contribution in [2.45, 2.75) is 13.3 Å². The molecular weight excluding hydrogens is 363 g/mol. The highest BCUT2D eigenvalue weighted by Gasteiger charge is 2.22. The molecule has 0 atom stereocenters. The SMILES string of the molecule is CCOC(=O)N1CCN(c2ccc(NC(=O)Cc3ccccc3F)cn2)CC1. The molecule has 7 nitrogen and oxygen atoms in total. The number of piperazine rings is 1. The Kier molecular flexibility index (Phi) is 6.41. The Morgan fingerprint density at radius 2 is 1.89 bits per heavy atom. The lowest BCUT2D eigenvalue weighted by Gasteiger charge is -2.34. The number of carbonyl (C=O) groups excluding carboxylic acids is 2. The zero-order valence-electron chi connectivity index (χ0n) is 15.7. The maximum atomic E-state index is 13.6. The highest BCUT2D eigenvalue weighted by Crippen LogP contribution is 2.17. The van der Waals surface area contributed by atoms with E-state index in [-0.39, 0.29) is 18.4 Å². The maximum absolute atomic E-state index is 13.6. The van der Waals surface area contributed by atoms with E-state index >= 15 is 0 Å². The second-order valence-corrected chi connectivity index (χ2v) is 6.39. The van der Waals surface area contributed by atoms with Gasteiger partial charge in [-0.05, 0) is 30.7 Å². The molecule has 2 heterocycles. The molecule has 1 saturated heterocycles. The zero-order valence-corrected chi connectivity index (χ0v) is 15.7. The summed E-state index contributed by atoms with van der Waals surface area (Å²) in [4.78, 5) is 32.0. The molecule has 2 amide bonds. The van der Waals surface area contributed by atoms with E-state index in [1.807, 2.05) is 6.07 Å². The average molecular weight is 386 g/mol. The number of ether oxygens (including phenoxy) is 1. The van der Waals surface area contributed by atoms with Crippen molar-refractivity contribution in [3.8, 4) is 0 Å². The van der Waals surface area contributed by atoms with E-state index in [0.29, 0.717) is 44.0 Å². The molecule has 0 unspecified atom stereocenters. The number of amides is 2. The molecule has 0 radical (unpaired) electrons. The molecule has 2 aromatic rings. The summed E-state index contributed by atoms with van der Waals surface area (Å²) in [7, 11) is 0. The summed E-state index contributed by atoms with van der Waals surface area (Å²) in [6, 6.07) is 9.79. The molecule has 1 aliphatic heterocycles. The molecule has 1 aliphatic rings. The van der Waals surface area contributed by atoms with Gasteiger partial charge >= 0.3 is 6.09 Å². The first-order valence-electron chi connectivity index (χ1n) is 9.22. The number of rotatable bonds is 5. The van der Waals surface area contributed by atoms with Gasteiger partial charge in [0.05, 0.1) is 24.9 Å². The number of anilines is 2. The molecule has 1 aromatic heterocycles. The normalized spacial score (nSPS) is 13.9. The number of nitrogens with one attached hydrogen (secondary N) is 1. The van der Waals surface area contributed by atoms with Crippen molar-refractivity contribution >= 4 is 23.5 Å². The summed E-state index contributed by atoms with van der Waals surface area (Å²) in [5.74, 6) is 0.0754. The van der Waals surface area contributed by atoms with Gasteiger partial charge in [-0.2, -0.15) is 0 Å². The van der Waals surface area contributed by atoms with Crippen LogP contribution in [0, 0.1) is 5.82 Å². The van der Waals surface area contributed by atoms with E-state index in [9.17, 15) is 14.0 Å². The third-order valence-corrected chi connectivity index (χ3v) is 4.47. The van der Waals surface area contributed by atoms with Crippen molar-refractivity contribution in [2.75, 3.05) is 43.0 Å². The fourth-order valence-electron chi connectivity index (χ4n) is 3.00. The van der Waals surface area contributed by atoms with Gasteiger partial charge in [0.1, 0.15) is 11.6 Å². The fourth-order valence-corrected chi connectivity index (χ4v) is 3.00. The van der Waals surface area contributed by atoms with Gasteiger partial charge in [-0.15, -0.1) is 0 Å². The van der Waals surface area contributed by atoms with Crippen LogP contribution in [0.4, 0.5) is 20.7 Å². The highest BCUT2D eigenvalue weighted by molar-refractivity contribution is 5.92. The van der Waals surface area contributed by atoms with Gasteiger partial charge in [0, 0.05) is 26.2 Å². The lowest BCUT2D eigenvalue weighted by Crippen LogP contribution is -2.49. The van der Waals surface area contributed by atoms with Gasteiger partial charge in [-0.3, -0.25) is 4.79 Å². The highest BCUT2D eigenvalue weighted by atomic mass is 19.1. The van der Waals surface area contributed by atoms with Crippen LogP contribution in [0.15, 0.2) is 42.6 Å². The summed E-state index contributed by atoms with van der Waals surface area (Å²) < 4.78 is 18.7. The standard InChI is InChI=1S/C20H23FN4O3/c1-2-28-20(27)25-11-9-24(10-12-25)18-8-7-16(14-22-18)23-19(26)13-15-5-3-4-6-17(15)21/h3-8,14H,2,9-13H2,1H3,(H,23,26). The number of halogens is 1. The fraction of sp³-hybridized carbons (Fsp3) is 0.350. The van der Waals surface area contributed by atoms with Crippen molar-refractivity contribution in [3.63, 3.8) is 0 Å². The molecule has 3 rings (SSSR count). The summed E-state index contributed by atoms with van der Waals surface area (Å²) in [5, 5.41) is 2.73. The molecule has 0 saturated carbocycles.